The smallest absolute Gasteiger partial charge is 0.110 e. The normalized spacial score (nSPS) is 30.1. The lowest BCUT2D eigenvalue weighted by Gasteiger charge is -2.34. The van der Waals surface area contributed by atoms with E-state index >= 15 is 0 Å². The minimum absolute atomic E-state index is 0.331. The Hall–Kier alpha value is -0.790. The summed E-state index contributed by atoms with van der Waals surface area (Å²) < 4.78 is 0. The van der Waals surface area contributed by atoms with Crippen LogP contribution in [0, 0.1) is 0 Å². The van der Waals surface area contributed by atoms with Crippen molar-refractivity contribution in [1.82, 2.24) is 0 Å². The maximum absolute atomic E-state index is 10.4. The van der Waals surface area contributed by atoms with E-state index in [-0.39, 0.29) is 5.38 Å². The van der Waals surface area contributed by atoms with Crippen LogP contribution in [0.3, 0.4) is 0 Å². The largest absolute Gasteiger partial charge is 0.383 e. The van der Waals surface area contributed by atoms with Gasteiger partial charge in [-0.15, -0.1) is 11.6 Å². The second-order valence-corrected chi connectivity index (χ2v) is 4.10. The molecule has 1 aliphatic rings. The van der Waals surface area contributed by atoms with Crippen molar-refractivity contribution < 1.29 is 5.11 Å². The molecule has 0 saturated heterocycles. The highest BCUT2D eigenvalue weighted by molar-refractivity contribution is 6.23. The number of hydrogen-bond donors (Lipinski definition) is 1. The van der Waals surface area contributed by atoms with Crippen LogP contribution in [0.1, 0.15) is 24.5 Å². The summed E-state index contributed by atoms with van der Waals surface area (Å²) in [6, 6.07) is 7.84. The molecule has 1 N–H and O–H groups in total. The maximum Gasteiger partial charge on any atom is 0.110 e. The Morgan fingerprint density at radius 2 is 2.14 bits per heavy atom. The van der Waals surface area contributed by atoms with Crippen LogP contribution >= 0.6 is 11.6 Å². The lowest BCUT2D eigenvalue weighted by Crippen LogP contribution is -2.36. The average molecular weight is 209 g/mol. The molecule has 0 bridgehead atoms. The maximum atomic E-state index is 10.4. The molecule has 0 heterocycles. The predicted octanol–water partition coefficient (Wildman–Crippen LogP) is 2.92. The molecule has 0 spiro atoms. The molecule has 0 aliphatic heterocycles. The lowest BCUT2D eigenvalue weighted by molar-refractivity contribution is 0.0378. The number of alkyl halides is 1. The molecule has 1 aliphatic carbocycles. The second-order valence-electron chi connectivity index (χ2n) is 3.63. The van der Waals surface area contributed by atoms with E-state index in [9.17, 15) is 5.11 Å². The SMILES string of the molecule is CCC1(O)c2ccccc2C=CC1Cl. The Morgan fingerprint density at radius 1 is 1.43 bits per heavy atom. The summed E-state index contributed by atoms with van der Waals surface area (Å²) in [5.41, 5.74) is 1.09. The van der Waals surface area contributed by atoms with E-state index in [1.165, 1.54) is 0 Å². The van der Waals surface area contributed by atoms with Crippen LogP contribution in [0.25, 0.3) is 6.08 Å². The Kier molecular flexibility index (Phi) is 2.38. The van der Waals surface area contributed by atoms with Gasteiger partial charge in [0.2, 0.25) is 0 Å². The quantitative estimate of drug-likeness (QED) is 0.704. The van der Waals surface area contributed by atoms with Gasteiger partial charge in [0.15, 0.2) is 0 Å². The number of aliphatic hydroxyl groups is 1. The highest BCUT2D eigenvalue weighted by Gasteiger charge is 2.37. The van der Waals surface area contributed by atoms with E-state index in [0.717, 1.165) is 11.1 Å². The third kappa shape index (κ3) is 1.28. The van der Waals surface area contributed by atoms with Crippen molar-refractivity contribution in [3.05, 3.63) is 41.5 Å². The Balaban J connectivity index is 2.59. The summed E-state index contributed by atoms with van der Waals surface area (Å²) in [6.07, 6.45) is 4.45. The summed E-state index contributed by atoms with van der Waals surface area (Å²) in [5, 5.41) is 10.1. The van der Waals surface area contributed by atoms with Crippen molar-refractivity contribution in [2.75, 3.05) is 0 Å². The first-order valence-corrected chi connectivity index (χ1v) is 5.26. The van der Waals surface area contributed by atoms with E-state index in [4.69, 9.17) is 11.6 Å². The van der Waals surface area contributed by atoms with Gasteiger partial charge in [-0.25, -0.2) is 0 Å². The molecular weight excluding hydrogens is 196 g/mol. The van der Waals surface area contributed by atoms with Crippen molar-refractivity contribution in [2.45, 2.75) is 24.3 Å². The van der Waals surface area contributed by atoms with Crippen LogP contribution in [-0.4, -0.2) is 10.5 Å². The number of hydrogen-bond acceptors (Lipinski definition) is 1. The van der Waals surface area contributed by atoms with E-state index in [1.807, 2.05) is 43.3 Å². The predicted molar refractivity (Wildman–Crippen MR) is 59.3 cm³/mol. The molecule has 1 nitrogen and oxygen atoms in total. The zero-order valence-corrected chi connectivity index (χ0v) is 8.83. The van der Waals surface area contributed by atoms with Gasteiger partial charge in [-0.2, -0.15) is 0 Å². The fourth-order valence-electron chi connectivity index (χ4n) is 1.92. The molecule has 0 saturated carbocycles. The zero-order chi connectivity index (χ0) is 10.2. The van der Waals surface area contributed by atoms with Crippen molar-refractivity contribution in [2.24, 2.45) is 0 Å². The first kappa shape index (κ1) is 9.75. The summed E-state index contributed by atoms with van der Waals surface area (Å²) in [6.45, 7) is 1.95. The van der Waals surface area contributed by atoms with Crippen LogP contribution in [-0.2, 0) is 5.60 Å². The van der Waals surface area contributed by atoms with Crippen LogP contribution in [0.4, 0.5) is 0 Å². The molecule has 1 aromatic carbocycles. The van der Waals surface area contributed by atoms with Crippen molar-refractivity contribution >= 4 is 17.7 Å². The number of fused-ring (bicyclic) bond motifs is 1. The Bertz CT molecular complexity index is 372. The van der Waals surface area contributed by atoms with Gasteiger partial charge in [-0.1, -0.05) is 43.3 Å². The molecule has 0 aromatic heterocycles. The molecule has 2 unspecified atom stereocenters. The van der Waals surface area contributed by atoms with Gasteiger partial charge >= 0.3 is 0 Å². The molecule has 0 radical (unpaired) electrons. The minimum Gasteiger partial charge on any atom is -0.383 e. The van der Waals surface area contributed by atoms with E-state index in [0.29, 0.717) is 6.42 Å². The molecule has 0 fully saturated rings. The Morgan fingerprint density at radius 3 is 2.86 bits per heavy atom. The van der Waals surface area contributed by atoms with E-state index in [2.05, 4.69) is 0 Å². The van der Waals surface area contributed by atoms with Gasteiger partial charge in [0, 0.05) is 0 Å². The molecule has 14 heavy (non-hydrogen) atoms. The highest BCUT2D eigenvalue weighted by atomic mass is 35.5. The van der Waals surface area contributed by atoms with Crippen LogP contribution in [0.2, 0.25) is 0 Å². The van der Waals surface area contributed by atoms with Crippen LogP contribution in [0.15, 0.2) is 30.3 Å². The Labute approximate surface area is 89.0 Å². The highest BCUT2D eigenvalue weighted by Crippen LogP contribution is 2.38. The minimum atomic E-state index is -0.910. The first-order valence-electron chi connectivity index (χ1n) is 4.82. The molecular formula is C12H13ClO. The standard InChI is InChI=1S/C12H13ClO/c1-2-12(14)10-6-4-3-5-9(10)7-8-11(12)13/h3-8,11,14H,2H2,1H3. The average Bonchev–Trinajstić information content (AvgIpc) is 2.24. The molecule has 2 atom stereocenters. The van der Waals surface area contributed by atoms with E-state index in [1.54, 1.807) is 0 Å². The van der Waals surface area contributed by atoms with E-state index < -0.39 is 5.60 Å². The van der Waals surface area contributed by atoms with Gasteiger partial charge in [0.25, 0.3) is 0 Å². The number of halogens is 1. The van der Waals surface area contributed by atoms with Crippen LogP contribution < -0.4 is 0 Å². The molecule has 2 heteroatoms. The van der Waals surface area contributed by atoms with Gasteiger partial charge in [-0.05, 0) is 17.5 Å². The fraction of sp³-hybridized carbons (Fsp3) is 0.333. The summed E-state index contributed by atoms with van der Waals surface area (Å²) in [5.74, 6) is 0. The number of benzene rings is 1. The van der Waals surface area contributed by atoms with Crippen LogP contribution in [0.5, 0.6) is 0 Å². The third-order valence-corrected chi connectivity index (χ3v) is 3.37. The van der Waals surface area contributed by atoms with Crippen molar-refractivity contribution in [3.8, 4) is 0 Å². The first-order chi connectivity index (χ1) is 6.68. The third-order valence-electron chi connectivity index (χ3n) is 2.87. The number of rotatable bonds is 1. The molecule has 0 amide bonds. The van der Waals surface area contributed by atoms with Gasteiger partial charge in [0.05, 0.1) is 5.38 Å². The fourth-order valence-corrected chi connectivity index (χ4v) is 2.26. The van der Waals surface area contributed by atoms with Crippen molar-refractivity contribution in [3.63, 3.8) is 0 Å². The summed E-state index contributed by atoms with van der Waals surface area (Å²) >= 11 is 6.11. The van der Waals surface area contributed by atoms with Gasteiger partial charge in [-0.3, -0.25) is 0 Å². The van der Waals surface area contributed by atoms with Gasteiger partial charge < -0.3 is 5.11 Å². The second kappa shape index (κ2) is 3.41. The summed E-state index contributed by atoms with van der Waals surface area (Å²) in [4.78, 5) is 0. The van der Waals surface area contributed by atoms with Crippen molar-refractivity contribution in [1.29, 1.82) is 0 Å². The summed E-state index contributed by atoms with van der Waals surface area (Å²) in [7, 11) is 0. The lowest BCUT2D eigenvalue weighted by atomic mass is 9.81. The topological polar surface area (TPSA) is 20.2 Å². The van der Waals surface area contributed by atoms with Gasteiger partial charge in [0.1, 0.15) is 5.60 Å². The molecule has 2 rings (SSSR count). The molecule has 74 valence electrons. The molecule has 1 aromatic rings. The monoisotopic (exact) mass is 208 g/mol. The zero-order valence-electron chi connectivity index (χ0n) is 8.07.